The van der Waals surface area contributed by atoms with E-state index in [1.165, 1.54) is 24.3 Å². The Labute approximate surface area is 208 Å². The molecule has 2 N–H and O–H groups in total. The van der Waals surface area contributed by atoms with Gasteiger partial charge in [-0.25, -0.2) is 22.2 Å². The predicted octanol–water partition coefficient (Wildman–Crippen LogP) is 3.95. The number of rotatable bonds is 10. The molecule has 1 amide bonds. The summed E-state index contributed by atoms with van der Waals surface area (Å²) in [5.41, 5.74) is 1.56. The third kappa shape index (κ3) is 7.65. The molecule has 10 heteroatoms. The van der Waals surface area contributed by atoms with Crippen molar-refractivity contribution in [2.75, 3.05) is 11.0 Å². The Bertz CT molecular complexity index is 1420. The van der Waals surface area contributed by atoms with Crippen LogP contribution < -0.4 is 14.8 Å². The maximum absolute atomic E-state index is 14.4. The summed E-state index contributed by atoms with van der Waals surface area (Å²) in [6.07, 6.45) is 8.97. The van der Waals surface area contributed by atoms with Gasteiger partial charge in [0.1, 0.15) is 19.1 Å². The molecule has 0 aliphatic rings. The van der Waals surface area contributed by atoms with Crippen molar-refractivity contribution in [2.24, 2.45) is 0 Å². The molecular formula is C26H23F2N3O4S. The van der Waals surface area contributed by atoms with Gasteiger partial charge in [-0.3, -0.25) is 9.52 Å². The topological polar surface area (TPSA) is 97.4 Å². The Hall–Kier alpha value is -4.23. The Morgan fingerprint density at radius 2 is 1.92 bits per heavy atom. The van der Waals surface area contributed by atoms with Crippen molar-refractivity contribution in [3.05, 3.63) is 94.4 Å². The first-order valence-corrected chi connectivity index (χ1v) is 12.5. The van der Waals surface area contributed by atoms with E-state index in [0.717, 1.165) is 17.9 Å². The molecule has 0 bridgehead atoms. The molecule has 186 valence electrons. The van der Waals surface area contributed by atoms with E-state index in [1.807, 2.05) is 35.1 Å². The number of terminal acetylenes is 1. The second-order valence-corrected chi connectivity index (χ2v) is 9.42. The van der Waals surface area contributed by atoms with Crippen LogP contribution in [-0.2, 0) is 34.6 Å². The maximum Gasteiger partial charge on any atom is 0.244 e. The number of hydrogen-bond acceptors (Lipinski definition) is 5. The number of anilines is 1. The van der Waals surface area contributed by atoms with Crippen LogP contribution in [0, 0.1) is 18.2 Å². The van der Waals surface area contributed by atoms with Crippen LogP contribution in [0.5, 0.6) is 5.88 Å². The lowest BCUT2D eigenvalue weighted by atomic mass is 10.1. The number of nitrogens with zero attached hydrogens (tertiary/aromatic N) is 1. The van der Waals surface area contributed by atoms with Gasteiger partial charge >= 0.3 is 0 Å². The number of ether oxygens (including phenoxy) is 1. The van der Waals surface area contributed by atoms with Crippen LogP contribution in [0.2, 0.25) is 0 Å². The molecule has 0 aliphatic heterocycles. The van der Waals surface area contributed by atoms with E-state index in [4.69, 9.17) is 11.2 Å². The lowest BCUT2D eigenvalue weighted by Gasteiger charge is -2.11. The van der Waals surface area contributed by atoms with Gasteiger partial charge < -0.3 is 10.1 Å². The molecular weight excluding hydrogens is 488 g/mol. The molecule has 0 radical (unpaired) electrons. The number of sulfonamides is 1. The van der Waals surface area contributed by atoms with E-state index < -0.39 is 28.4 Å². The van der Waals surface area contributed by atoms with Crippen molar-refractivity contribution in [1.82, 2.24) is 10.3 Å². The molecule has 0 fully saturated rings. The van der Waals surface area contributed by atoms with Gasteiger partial charge in [-0.2, -0.15) is 0 Å². The zero-order valence-electron chi connectivity index (χ0n) is 19.3. The van der Waals surface area contributed by atoms with E-state index in [1.54, 1.807) is 6.07 Å². The molecule has 0 atom stereocenters. The highest BCUT2D eigenvalue weighted by atomic mass is 32.2. The molecule has 0 saturated carbocycles. The maximum atomic E-state index is 14.4. The summed E-state index contributed by atoms with van der Waals surface area (Å²) in [4.78, 5) is 16.5. The smallest absolute Gasteiger partial charge is 0.244 e. The highest BCUT2D eigenvalue weighted by Gasteiger charge is 2.14. The number of aromatic nitrogens is 1. The number of benzene rings is 2. The Morgan fingerprint density at radius 1 is 1.17 bits per heavy atom. The van der Waals surface area contributed by atoms with Gasteiger partial charge in [0.2, 0.25) is 21.8 Å². The highest BCUT2D eigenvalue weighted by molar-refractivity contribution is 7.92. The molecule has 0 unspecified atom stereocenters. The van der Waals surface area contributed by atoms with E-state index in [0.29, 0.717) is 11.1 Å². The summed E-state index contributed by atoms with van der Waals surface area (Å²) in [7, 11) is -3.73. The fourth-order valence-corrected chi connectivity index (χ4v) is 3.69. The van der Waals surface area contributed by atoms with Crippen LogP contribution in [-0.4, -0.2) is 25.6 Å². The van der Waals surface area contributed by atoms with E-state index in [9.17, 15) is 22.0 Å². The molecule has 3 aromatic rings. The van der Waals surface area contributed by atoms with E-state index in [2.05, 4.69) is 16.2 Å². The number of carbonyl (C=O) groups is 1. The van der Waals surface area contributed by atoms with Gasteiger partial charge in [-0.05, 0) is 41.5 Å². The van der Waals surface area contributed by atoms with Gasteiger partial charge in [-0.1, -0.05) is 36.3 Å². The van der Waals surface area contributed by atoms with Crippen LogP contribution >= 0.6 is 0 Å². The van der Waals surface area contributed by atoms with Gasteiger partial charge in [0.25, 0.3) is 0 Å². The lowest BCUT2D eigenvalue weighted by molar-refractivity contribution is -0.116. The van der Waals surface area contributed by atoms with Gasteiger partial charge in [0.05, 0.1) is 23.2 Å². The fourth-order valence-electron chi connectivity index (χ4n) is 3.11. The summed E-state index contributed by atoms with van der Waals surface area (Å²) >= 11 is 0. The summed E-state index contributed by atoms with van der Waals surface area (Å²) in [6, 6.07) is 14.9. The standard InChI is InChI=1S/C26H23F2N3O4S/c1-3-20-13-19(14-23(28)25(20)31-36(2,33)34)16-29-24(32)12-10-21-9-11-22(15-27)30-26(21)35-17-18-7-5-4-6-8-18/h1,4-14,31H,15-17H2,2H3,(H,29,32)/b12-10+. The average molecular weight is 512 g/mol. The van der Waals surface area contributed by atoms with Gasteiger partial charge in [0, 0.05) is 18.2 Å². The zero-order valence-corrected chi connectivity index (χ0v) is 20.1. The third-order valence-corrected chi connectivity index (χ3v) is 5.35. The molecule has 7 nitrogen and oxygen atoms in total. The Balaban J connectivity index is 1.69. The summed E-state index contributed by atoms with van der Waals surface area (Å²) in [5.74, 6) is 1.04. The molecule has 1 aromatic heterocycles. The molecule has 36 heavy (non-hydrogen) atoms. The average Bonchev–Trinajstić information content (AvgIpc) is 2.86. The van der Waals surface area contributed by atoms with Crippen LogP contribution in [0.15, 0.2) is 60.7 Å². The Morgan fingerprint density at radius 3 is 2.58 bits per heavy atom. The third-order valence-electron chi connectivity index (χ3n) is 4.78. The van der Waals surface area contributed by atoms with Crippen molar-refractivity contribution < 1.29 is 26.7 Å². The number of pyridine rings is 1. The molecule has 3 rings (SSSR count). The second kappa shape index (κ2) is 12.0. The zero-order chi connectivity index (χ0) is 26.1. The fraction of sp³-hybridized carbons (Fsp3) is 0.154. The largest absolute Gasteiger partial charge is 0.472 e. The molecule has 1 heterocycles. The molecule has 2 aromatic carbocycles. The van der Waals surface area contributed by atoms with Crippen LogP contribution in [0.1, 0.15) is 27.9 Å². The number of amides is 1. The van der Waals surface area contributed by atoms with Crippen molar-refractivity contribution in [2.45, 2.75) is 19.8 Å². The van der Waals surface area contributed by atoms with Crippen molar-refractivity contribution >= 4 is 27.7 Å². The Kier molecular flexibility index (Phi) is 8.76. The minimum Gasteiger partial charge on any atom is -0.472 e. The minimum atomic E-state index is -3.73. The first-order valence-electron chi connectivity index (χ1n) is 10.6. The first-order chi connectivity index (χ1) is 17.2. The van der Waals surface area contributed by atoms with Gasteiger partial charge in [0.15, 0.2) is 0 Å². The van der Waals surface area contributed by atoms with E-state index >= 15 is 0 Å². The first kappa shape index (κ1) is 26.4. The second-order valence-electron chi connectivity index (χ2n) is 7.67. The number of hydrogen-bond donors (Lipinski definition) is 2. The molecule has 0 saturated heterocycles. The summed E-state index contributed by atoms with van der Waals surface area (Å²) in [6.45, 7) is -0.616. The number of alkyl halides is 1. The summed E-state index contributed by atoms with van der Waals surface area (Å²) < 4.78 is 58.2. The van der Waals surface area contributed by atoms with Crippen LogP contribution in [0.3, 0.4) is 0 Å². The minimum absolute atomic E-state index is 0.000509. The lowest BCUT2D eigenvalue weighted by Crippen LogP contribution is -2.20. The number of halogens is 2. The molecule has 0 aliphatic carbocycles. The quantitative estimate of drug-likeness (QED) is 0.317. The highest BCUT2D eigenvalue weighted by Crippen LogP contribution is 2.23. The predicted molar refractivity (Wildman–Crippen MR) is 134 cm³/mol. The van der Waals surface area contributed by atoms with E-state index in [-0.39, 0.29) is 36.0 Å². The summed E-state index contributed by atoms with van der Waals surface area (Å²) in [5, 5.41) is 2.59. The van der Waals surface area contributed by atoms with Gasteiger partial charge in [-0.15, -0.1) is 6.42 Å². The SMILES string of the molecule is C#Cc1cc(CNC(=O)/C=C/c2ccc(CF)nc2OCc2ccccc2)cc(F)c1NS(C)(=O)=O. The van der Waals surface area contributed by atoms with Crippen molar-refractivity contribution in [3.63, 3.8) is 0 Å². The van der Waals surface area contributed by atoms with Crippen LogP contribution in [0.25, 0.3) is 6.08 Å². The molecule has 0 spiro atoms. The van der Waals surface area contributed by atoms with Crippen molar-refractivity contribution in [1.29, 1.82) is 0 Å². The number of carbonyl (C=O) groups excluding carboxylic acids is 1. The van der Waals surface area contributed by atoms with Crippen LogP contribution in [0.4, 0.5) is 14.5 Å². The monoisotopic (exact) mass is 511 g/mol. The normalized spacial score (nSPS) is 11.2. The van der Waals surface area contributed by atoms with Crippen molar-refractivity contribution in [3.8, 4) is 18.2 Å². The number of nitrogens with one attached hydrogen (secondary N) is 2.